The van der Waals surface area contributed by atoms with Gasteiger partial charge in [0.2, 0.25) is 0 Å². The highest BCUT2D eigenvalue weighted by atomic mass is 16.7. The average Bonchev–Trinajstić information content (AvgIpc) is 3.12. The Morgan fingerprint density at radius 1 is 1.07 bits per heavy atom. The van der Waals surface area contributed by atoms with Crippen LogP contribution in [0.25, 0.3) is 11.0 Å². The van der Waals surface area contributed by atoms with E-state index < -0.39 is 7.12 Å². The third kappa shape index (κ3) is 3.18. The van der Waals surface area contributed by atoms with Gasteiger partial charge >= 0.3 is 7.12 Å². The predicted molar refractivity (Wildman–Crippen MR) is 110 cm³/mol. The summed E-state index contributed by atoms with van der Waals surface area (Å²) in [5, 5.41) is 5.55. The van der Waals surface area contributed by atoms with Crippen LogP contribution in [-0.4, -0.2) is 40.2 Å². The van der Waals surface area contributed by atoms with Crippen molar-refractivity contribution in [1.82, 2.24) is 14.8 Å². The Morgan fingerprint density at radius 2 is 1.71 bits per heavy atom. The molecular weight excluding hydrogens is 353 g/mol. The molecule has 0 radical (unpaired) electrons. The number of benzene rings is 1. The van der Waals surface area contributed by atoms with E-state index in [4.69, 9.17) is 19.0 Å². The Bertz CT molecular complexity index is 996. The largest absolute Gasteiger partial charge is 0.497 e. The van der Waals surface area contributed by atoms with Gasteiger partial charge in [0.25, 0.3) is 0 Å². The van der Waals surface area contributed by atoms with Crippen molar-refractivity contribution in [1.29, 1.82) is 0 Å². The molecule has 0 saturated carbocycles. The Labute approximate surface area is 166 Å². The zero-order valence-corrected chi connectivity index (χ0v) is 17.3. The van der Waals surface area contributed by atoms with Crippen molar-refractivity contribution in [2.75, 3.05) is 7.11 Å². The molecule has 1 saturated heterocycles. The van der Waals surface area contributed by atoms with Gasteiger partial charge in [-0.1, -0.05) is 12.1 Å². The standard InChI is InChI=1S/C21H26BN3O3/c1-14-11-18(22-27-20(2,3)21(4,5)28-22)17-12-23-25(19(17)24-14)13-15-7-9-16(26-6)10-8-15/h7-12H,13H2,1-6H3. The maximum atomic E-state index is 6.27. The number of pyridine rings is 1. The van der Waals surface area contributed by atoms with Gasteiger partial charge in [0.05, 0.1) is 31.1 Å². The first-order valence-electron chi connectivity index (χ1n) is 9.52. The number of aryl methyl sites for hydroxylation is 1. The number of fused-ring (bicyclic) bond motifs is 1. The molecule has 3 heterocycles. The number of methoxy groups -OCH3 is 1. The first-order chi connectivity index (χ1) is 13.2. The molecule has 4 rings (SSSR count). The van der Waals surface area contributed by atoms with Crippen LogP contribution < -0.4 is 10.2 Å². The van der Waals surface area contributed by atoms with E-state index >= 15 is 0 Å². The van der Waals surface area contributed by atoms with Crippen LogP contribution in [0.2, 0.25) is 0 Å². The summed E-state index contributed by atoms with van der Waals surface area (Å²) in [7, 11) is 1.23. The number of hydrogen-bond acceptors (Lipinski definition) is 5. The lowest BCUT2D eigenvalue weighted by Gasteiger charge is -2.32. The van der Waals surface area contributed by atoms with E-state index in [0.29, 0.717) is 6.54 Å². The molecule has 6 nitrogen and oxygen atoms in total. The Balaban J connectivity index is 1.71. The Morgan fingerprint density at radius 3 is 2.32 bits per heavy atom. The number of hydrogen-bond donors (Lipinski definition) is 0. The molecule has 2 aromatic heterocycles. The van der Waals surface area contributed by atoms with Crippen molar-refractivity contribution in [3.05, 3.63) is 47.8 Å². The van der Waals surface area contributed by atoms with Crippen molar-refractivity contribution >= 4 is 23.6 Å². The van der Waals surface area contributed by atoms with Crippen LogP contribution in [0.5, 0.6) is 5.75 Å². The van der Waals surface area contributed by atoms with Gasteiger partial charge in [0.1, 0.15) is 5.75 Å². The number of rotatable bonds is 4. The van der Waals surface area contributed by atoms with Gasteiger partial charge in [0, 0.05) is 11.1 Å². The molecule has 28 heavy (non-hydrogen) atoms. The second-order valence-electron chi connectivity index (χ2n) is 8.33. The fraction of sp³-hybridized carbons (Fsp3) is 0.429. The van der Waals surface area contributed by atoms with Crippen LogP contribution in [0.4, 0.5) is 0 Å². The van der Waals surface area contributed by atoms with Crippen LogP contribution in [-0.2, 0) is 15.9 Å². The van der Waals surface area contributed by atoms with E-state index in [0.717, 1.165) is 33.5 Å². The van der Waals surface area contributed by atoms with Crippen LogP contribution in [0.15, 0.2) is 36.5 Å². The normalized spacial score (nSPS) is 18.0. The third-order valence-corrected chi connectivity index (χ3v) is 5.77. The molecule has 0 unspecified atom stereocenters. The lowest BCUT2D eigenvalue weighted by molar-refractivity contribution is 0.00578. The monoisotopic (exact) mass is 379 g/mol. The molecule has 0 atom stereocenters. The maximum Gasteiger partial charge on any atom is 0.495 e. The summed E-state index contributed by atoms with van der Waals surface area (Å²) in [6, 6.07) is 10.0. The molecule has 0 N–H and O–H groups in total. The minimum absolute atomic E-state index is 0.389. The molecule has 0 spiro atoms. The van der Waals surface area contributed by atoms with Crippen LogP contribution >= 0.6 is 0 Å². The van der Waals surface area contributed by atoms with Gasteiger partial charge in [-0.3, -0.25) is 0 Å². The molecule has 1 fully saturated rings. The number of aromatic nitrogens is 3. The van der Waals surface area contributed by atoms with Gasteiger partial charge in [0.15, 0.2) is 5.65 Å². The quantitative estimate of drug-likeness (QED) is 0.652. The van der Waals surface area contributed by atoms with Crippen molar-refractivity contribution < 1.29 is 14.0 Å². The average molecular weight is 379 g/mol. The molecular formula is C21H26BN3O3. The van der Waals surface area contributed by atoms with E-state index in [1.165, 1.54) is 0 Å². The van der Waals surface area contributed by atoms with E-state index in [1.54, 1.807) is 7.11 Å². The SMILES string of the molecule is COc1ccc(Cn2ncc3c(B4OC(C)(C)C(C)(C)O4)cc(C)nc32)cc1. The van der Waals surface area contributed by atoms with Gasteiger partial charge in [-0.15, -0.1) is 0 Å². The van der Waals surface area contributed by atoms with Gasteiger partial charge in [-0.25, -0.2) is 9.67 Å². The zero-order chi connectivity index (χ0) is 20.1. The minimum Gasteiger partial charge on any atom is -0.497 e. The summed E-state index contributed by atoms with van der Waals surface area (Å²) < 4.78 is 19.7. The number of nitrogens with zero attached hydrogens (tertiary/aromatic N) is 3. The van der Waals surface area contributed by atoms with E-state index in [-0.39, 0.29) is 11.2 Å². The van der Waals surface area contributed by atoms with E-state index in [9.17, 15) is 0 Å². The van der Waals surface area contributed by atoms with Gasteiger partial charge in [-0.05, 0) is 63.8 Å². The summed E-state index contributed by atoms with van der Waals surface area (Å²) in [6.07, 6.45) is 1.85. The van der Waals surface area contributed by atoms with E-state index in [1.807, 2.05) is 48.1 Å². The summed E-state index contributed by atoms with van der Waals surface area (Å²) >= 11 is 0. The van der Waals surface area contributed by atoms with Crippen LogP contribution in [0, 0.1) is 6.92 Å². The minimum atomic E-state index is -0.437. The van der Waals surface area contributed by atoms with Crippen molar-refractivity contribution in [2.45, 2.75) is 52.4 Å². The third-order valence-electron chi connectivity index (χ3n) is 5.77. The van der Waals surface area contributed by atoms with Crippen molar-refractivity contribution in [3.8, 4) is 5.75 Å². The fourth-order valence-corrected chi connectivity index (χ4v) is 3.39. The summed E-state index contributed by atoms with van der Waals surface area (Å²) in [5.41, 5.74) is 3.07. The Hall–Kier alpha value is -2.38. The molecule has 0 bridgehead atoms. The highest BCUT2D eigenvalue weighted by molar-refractivity contribution is 6.65. The molecule has 0 aliphatic carbocycles. The lowest BCUT2D eigenvalue weighted by Crippen LogP contribution is -2.41. The van der Waals surface area contributed by atoms with Gasteiger partial charge < -0.3 is 14.0 Å². The molecule has 7 heteroatoms. The molecule has 1 aliphatic heterocycles. The molecule has 146 valence electrons. The smallest absolute Gasteiger partial charge is 0.495 e. The highest BCUT2D eigenvalue weighted by Crippen LogP contribution is 2.37. The lowest BCUT2D eigenvalue weighted by atomic mass is 9.77. The molecule has 1 aromatic carbocycles. The van der Waals surface area contributed by atoms with Gasteiger partial charge in [-0.2, -0.15) is 5.10 Å². The van der Waals surface area contributed by atoms with E-state index in [2.05, 4.69) is 32.8 Å². The summed E-state index contributed by atoms with van der Waals surface area (Å²) in [4.78, 5) is 4.73. The fourth-order valence-electron chi connectivity index (χ4n) is 3.39. The van der Waals surface area contributed by atoms with Crippen LogP contribution in [0.3, 0.4) is 0 Å². The zero-order valence-electron chi connectivity index (χ0n) is 17.3. The number of ether oxygens (including phenoxy) is 1. The molecule has 1 aliphatic rings. The summed E-state index contributed by atoms with van der Waals surface area (Å²) in [6.45, 7) is 10.9. The Kier molecular flexibility index (Phi) is 4.47. The maximum absolute atomic E-state index is 6.27. The molecule has 0 amide bonds. The van der Waals surface area contributed by atoms with Crippen molar-refractivity contribution in [2.24, 2.45) is 0 Å². The van der Waals surface area contributed by atoms with Crippen LogP contribution in [0.1, 0.15) is 39.0 Å². The molecule has 3 aromatic rings. The first kappa shape index (κ1) is 19.0. The summed E-state index contributed by atoms with van der Waals surface area (Å²) in [5.74, 6) is 0.839. The first-order valence-corrected chi connectivity index (χ1v) is 9.52. The topological polar surface area (TPSA) is 58.4 Å². The predicted octanol–water partition coefficient (Wildman–Crippen LogP) is 3.10. The van der Waals surface area contributed by atoms with Crippen molar-refractivity contribution in [3.63, 3.8) is 0 Å². The second kappa shape index (κ2) is 6.60. The highest BCUT2D eigenvalue weighted by Gasteiger charge is 2.52. The second-order valence-corrected chi connectivity index (χ2v) is 8.33.